The first-order valence-corrected chi connectivity index (χ1v) is 4.57. The number of aromatic nitrogens is 1. The van der Waals surface area contributed by atoms with Crippen LogP contribution >= 0.6 is 0 Å². The maximum Gasteiger partial charge on any atom is 0.196 e. The number of hydrogen-bond acceptors (Lipinski definition) is 2. The van der Waals surface area contributed by atoms with Gasteiger partial charge in [-0.1, -0.05) is 12.1 Å². The number of carbonyl (C=O) groups excluding carboxylic acids is 1. The van der Waals surface area contributed by atoms with Crippen molar-refractivity contribution in [2.24, 2.45) is 0 Å². The van der Waals surface area contributed by atoms with E-state index in [9.17, 15) is 9.18 Å². The van der Waals surface area contributed by atoms with Gasteiger partial charge in [0.05, 0.1) is 5.69 Å². The molecule has 1 aromatic heterocycles. The molecule has 0 spiro atoms. The fourth-order valence-corrected chi connectivity index (χ4v) is 1.89. The van der Waals surface area contributed by atoms with Gasteiger partial charge in [-0.25, -0.2) is 4.39 Å². The Balaban J connectivity index is 2.45. The Morgan fingerprint density at radius 3 is 2.73 bits per heavy atom. The molecule has 0 radical (unpaired) electrons. The highest BCUT2D eigenvalue weighted by Crippen LogP contribution is 2.36. The molecule has 3 rings (SSSR count). The topological polar surface area (TPSA) is 30.0 Å². The number of hydrogen-bond donors (Lipinski definition) is 0. The molecule has 15 heavy (non-hydrogen) atoms. The van der Waals surface area contributed by atoms with Gasteiger partial charge in [-0.15, -0.1) is 0 Å². The molecule has 0 unspecified atom stereocenters. The van der Waals surface area contributed by atoms with Crippen LogP contribution in [0.15, 0.2) is 36.5 Å². The average Bonchev–Trinajstić information content (AvgIpc) is 2.55. The van der Waals surface area contributed by atoms with Gasteiger partial charge in [-0.2, -0.15) is 0 Å². The number of halogens is 1. The molecule has 72 valence electrons. The van der Waals surface area contributed by atoms with Crippen LogP contribution < -0.4 is 0 Å². The quantitative estimate of drug-likeness (QED) is 0.556. The Hall–Kier alpha value is -2.03. The minimum Gasteiger partial charge on any atom is -0.289 e. The van der Waals surface area contributed by atoms with Crippen molar-refractivity contribution >= 4 is 5.78 Å². The third-order valence-corrected chi connectivity index (χ3v) is 2.55. The zero-order valence-electron chi connectivity index (χ0n) is 7.70. The first kappa shape index (κ1) is 8.29. The monoisotopic (exact) mass is 199 g/mol. The summed E-state index contributed by atoms with van der Waals surface area (Å²) in [5.74, 6) is -0.536. The molecular formula is C12H6FNO. The number of carbonyl (C=O) groups is 1. The van der Waals surface area contributed by atoms with Crippen molar-refractivity contribution in [1.82, 2.24) is 4.98 Å². The van der Waals surface area contributed by atoms with Gasteiger partial charge in [0.2, 0.25) is 0 Å². The van der Waals surface area contributed by atoms with Gasteiger partial charge < -0.3 is 0 Å². The third kappa shape index (κ3) is 0.973. The Morgan fingerprint density at radius 1 is 1.07 bits per heavy atom. The van der Waals surface area contributed by atoms with E-state index in [2.05, 4.69) is 4.98 Å². The van der Waals surface area contributed by atoms with Crippen molar-refractivity contribution in [2.75, 3.05) is 0 Å². The molecule has 3 heteroatoms. The van der Waals surface area contributed by atoms with E-state index in [1.807, 2.05) is 0 Å². The SMILES string of the molecule is O=C1c2cccnc2-c2c(F)cccc21. The molecule has 0 saturated carbocycles. The Morgan fingerprint density at radius 2 is 1.87 bits per heavy atom. The summed E-state index contributed by atoms with van der Waals surface area (Å²) in [4.78, 5) is 15.9. The van der Waals surface area contributed by atoms with E-state index in [1.165, 1.54) is 12.1 Å². The van der Waals surface area contributed by atoms with Gasteiger partial charge >= 0.3 is 0 Å². The average molecular weight is 199 g/mol. The van der Waals surface area contributed by atoms with E-state index >= 15 is 0 Å². The largest absolute Gasteiger partial charge is 0.289 e. The van der Waals surface area contributed by atoms with Crippen LogP contribution in [-0.4, -0.2) is 10.8 Å². The van der Waals surface area contributed by atoms with E-state index in [0.29, 0.717) is 22.4 Å². The number of ketones is 1. The van der Waals surface area contributed by atoms with E-state index in [0.717, 1.165) is 0 Å². The Labute approximate surface area is 85.4 Å². The molecule has 1 heterocycles. The maximum atomic E-state index is 13.6. The molecule has 1 aliphatic rings. The van der Waals surface area contributed by atoms with Crippen molar-refractivity contribution in [3.8, 4) is 11.3 Å². The first-order chi connectivity index (χ1) is 7.29. The predicted molar refractivity (Wildman–Crippen MR) is 53.1 cm³/mol. The van der Waals surface area contributed by atoms with Crippen molar-refractivity contribution in [2.45, 2.75) is 0 Å². The minimum absolute atomic E-state index is 0.146. The molecule has 0 atom stereocenters. The molecule has 0 fully saturated rings. The van der Waals surface area contributed by atoms with Crippen LogP contribution in [0.3, 0.4) is 0 Å². The molecule has 0 N–H and O–H groups in total. The van der Waals surface area contributed by atoms with Crippen LogP contribution in [0.2, 0.25) is 0 Å². The second-order valence-electron chi connectivity index (χ2n) is 3.39. The number of nitrogens with zero attached hydrogens (tertiary/aromatic N) is 1. The highest BCUT2D eigenvalue weighted by Gasteiger charge is 2.29. The molecule has 1 aromatic carbocycles. The summed E-state index contributed by atoms with van der Waals surface area (Å²) in [7, 11) is 0. The molecule has 2 nitrogen and oxygen atoms in total. The highest BCUT2D eigenvalue weighted by molar-refractivity contribution is 6.20. The zero-order chi connectivity index (χ0) is 10.4. The summed E-state index contributed by atoms with van der Waals surface area (Å²) in [5, 5.41) is 0. The summed E-state index contributed by atoms with van der Waals surface area (Å²) in [5.41, 5.74) is 1.68. The van der Waals surface area contributed by atoms with E-state index in [1.54, 1.807) is 24.4 Å². The molecular weight excluding hydrogens is 193 g/mol. The van der Waals surface area contributed by atoms with Crippen LogP contribution in [-0.2, 0) is 0 Å². The van der Waals surface area contributed by atoms with Gasteiger partial charge in [-0.3, -0.25) is 9.78 Å². The lowest BCUT2D eigenvalue weighted by molar-refractivity contribution is 0.104. The van der Waals surface area contributed by atoms with Crippen molar-refractivity contribution in [3.05, 3.63) is 53.5 Å². The van der Waals surface area contributed by atoms with Crippen molar-refractivity contribution in [1.29, 1.82) is 0 Å². The lowest BCUT2D eigenvalue weighted by atomic mass is 10.1. The predicted octanol–water partition coefficient (Wildman–Crippen LogP) is 2.43. The maximum absolute atomic E-state index is 13.6. The third-order valence-electron chi connectivity index (χ3n) is 2.55. The first-order valence-electron chi connectivity index (χ1n) is 4.57. The molecule has 0 bridgehead atoms. The van der Waals surface area contributed by atoms with Crippen LogP contribution in [0.5, 0.6) is 0 Å². The highest BCUT2D eigenvalue weighted by atomic mass is 19.1. The lowest BCUT2D eigenvalue weighted by Crippen LogP contribution is -1.94. The second-order valence-corrected chi connectivity index (χ2v) is 3.39. The molecule has 2 aromatic rings. The summed E-state index contributed by atoms with van der Waals surface area (Å²) in [6.07, 6.45) is 1.56. The van der Waals surface area contributed by atoms with Crippen molar-refractivity contribution < 1.29 is 9.18 Å². The minimum atomic E-state index is -0.390. The molecule has 0 saturated heterocycles. The standard InChI is InChI=1S/C12H6FNO/c13-9-5-1-3-7-10(9)11-8(12(7)15)4-2-6-14-11/h1-6H. The van der Waals surface area contributed by atoms with Crippen LogP contribution in [0, 0.1) is 5.82 Å². The van der Waals surface area contributed by atoms with Gasteiger partial charge in [0, 0.05) is 22.9 Å². The van der Waals surface area contributed by atoms with E-state index in [4.69, 9.17) is 0 Å². The van der Waals surface area contributed by atoms with Crippen LogP contribution in [0.4, 0.5) is 4.39 Å². The van der Waals surface area contributed by atoms with Gasteiger partial charge in [0.1, 0.15) is 5.82 Å². The van der Waals surface area contributed by atoms with Gasteiger partial charge in [0.25, 0.3) is 0 Å². The molecule has 1 aliphatic carbocycles. The summed E-state index contributed by atoms with van der Waals surface area (Å²) >= 11 is 0. The Bertz CT molecular complexity index is 578. The molecule has 0 amide bonds. The number of benzene rings is 1. The van der Waals surface area contributed by atoms with Crippen molar-refractivity contribution in [3.63, 3.8) is 0 Å². The number of fused-ring (bicyclic) bond motifs is 3. The van der Waals surface area contributed by atoms with Crippen LogP contribution in [0.1, 0.15) is 15.9 Å². The van der Waals surface area contributed by atoms with E-state index < -0.39 is 5.82 Å². The smallest absolute Gasteiger partial charge is 0.196 e. The number of rotatable bonds is 0. The van der Waals surface area contributed by atoms with Crippen LogP contribution in [0.25, 0.3) is 11.3 Å². The zero-order valence-corrected chi connectivity index (χ0v) is 7.70. The van der Waals surface area contributed by atoms with Gasteiger partial charge in [0.15, 0.2) is 5.78 Å². The van der Waals surface area contributed by atoms with Gasteiger partial charge in [-0.05, 0) is 18.2 Å². The lowest BCUT2D eigenvalue weighted by Gasteiger charge is -1.98. The Kier molecular flexibility index (Phi) is 1.51. The number of pyridine rings is 1. The fraction of sp³-hybridized carbons (Fsp3) is 0. The fourth-order valence-electron chi connectivity index (χ4n) is 1.89. The summed E-state index contributed by atoms with van der Waals surface area (Å²) < 4.78 is 13.6. The summed E-state index contributed by atoms with van der Waals surface area (Å²) in [6.45, 7) is 0. The summed E-state index contributed by atoms with van der Waals surface area (Å²) in [6, 6.07) is 7.86. The van der Waals surface area contributed by atoms with E-state index in [-0.39, 0.29) is 5.78 Å². The second kappa shape index (κ2) is 2.73. The molecule has 0 aliphatic heterocycles. The normalized spacial score (nSPS) is 12.5.